The fourth-order valence-electron chi connectivity index (χ4n) is 1.67. The fraction of sp³-hybridized carbons (Fsp3) is 0.462. The molecule has 112 valence electrons. The SMILES string of the molecule is CCC(COC)NC(=O)c1ccc(Br)cc1C(F)(F)F. The predicted octanol–water partition coefficient (Wildman–Crippen LogP) is 3.62. The average molecular weight is 354 g/mol. The van der Waals surface area contributed by atoms with Crippen LogP contribution >= 0.6 is 15.9 Å². The Kier molecular flexibility index (Phi) is 6.01. The molecule has 0 fully saturated rings. The molecular formula is C13H15BrF3NO2. The Balaban J connectivity index is 3.04. The Bertz CT molecular complexity index is 477. The highest BCUT2D eigenvalue weighted by Gasteiger charge is 2.35. The summed E-state index contributed by atoms with van der Waals surface area (Å²) in [5.41, 5.74) is -1.35. The first-order valence-electron chi connectivity index (χ1n) is 5.96. The molecule has 0 aliphatic carbocycles. The normalized spacial score (nSPS) is 13.1. The summed E-state index contributed by atoms with van der Waals surface area (Å²) in [7, 11) is 1.47. The molecule has 1 aromatic carbocycles. The summed E-state index contributed by atoms with van der Waals surface area (Å²) in [5.74, 6) is -0.756. The summed E-state index contributed by atoms with van der Waals surface area (Å²) in [6.07, 6.45) is -4.02. The van der Waals surface area contributed by atoms with Gasteiger partial charge >= 0.3 is 6.18 Å². The molecular weight excluding hydrogens is 339 g/mol. The number of benzene rings is 1. The molecule has 0 bridgehead atoms. The van der Waals surface area contributed by atoms with Crippen LogP contribution in [-0.4, -0.2) is 25.7 Å². The van der Waals surface area contributed by atoms with E-state index >= 15 is 0 Å². The van der Waals surface area contributed by atoms with Gasteiger partial charge in [-0.25, -0.2) is 0 Å². The van der Waals surface area contributed by atoms with Crippen molar-refractivity contribution in [3.63, 3.8) is 0 Å². The van der Waals surface area contributed by atoms with Crippen LogP contribution in [0, 0.1) is 0 Å². The van der Waals surface area contributed by atoms with Crippen molar-refractivity contribution in [2.75, 3.05) is 13.7 Å². The number of hydrogen-bond donors (Lipinski definition) is 1. The molecule has 0 aliphatic rings. The Labute approximate surface area is 123 Å². The maximum atomic E-state index is 12.9. The van der Waals surface area contributed by atoms with Gasteiger partial charge in [-0.05, 0) is 24.6 Å². The van der Waals surface area contributed by atoms with Crippen LogP contribution in [0.4, 0.5) is 13.2 Å². The average Bonchev–Trinajstić information content (AvgIpc) is 2.36. The molecule has 1 amide bonds. The van der Waals surface area contributed by atoms with Crippen molar-refractivity contribution >= 4 is 21.8 Å². The topological polar surface area (TPSA) is 38.3 Å². The number of nitrogens with one attached hydrogen (secondary N) is 1. The molecule has 0 radical (unpaired) electrons. The summed E-state index contributed by atoms with van der Waals surface area (Å²) < 4.78 is 44.0. The molecule has 0 aromatic heterocycles. The van der Waals surface area contributed by atoms with Gasteiger partial charge in [0.25, 0.3) is 5.91 Å². The number of alkyl halides is 3. The van der Waals surface area contributed by atoms with Gasteiger partial charge in [0.1, 0.15) is 0 Å². The molecule has 0 saturated heterocycles. The van der Waals surface area contributed by atoms with Gasteiger partial charge in [-0.1, -0.05) is 22.9 Å². The van der Waals surface area contributed by atoms with E-state index in [1.165, 1.54) is 13.2 Å². The highest BCUT2D eigenvalue weighted by Crippen LogP contribution is 2.33. The van der Waals surface area contributed by atoms with Crippen LogP contribution in [0.5, 0.6) is 0 Å². The first-order valence-corrected chi connectivity index (χ1v) is 6.75. The minimum absolute atomic E-state index is 0.250. The molecule has 0 spiro atoms. The standard InChI is InChI=1S/C13H15BrF3NO2/c1-3-9(7-20-2)18-12(19)10-5-4-8(14)6-11(10)13(15,16)17/h4-6,9H,3,7H2,1-2H3,(H,18,19). The lowest BCUT2D eigenvalue weighted by atomic mass is 10.1. The van der Waals surface area contributed by atoms with Crippen LogP contribution in [0.25, 0.3) is 0 Å². The number of methoxy groups -OCH3 is 1. The van der Waals surface area contributed by atoms with Crippen molar-refractivity contribution < 1.29 is 22.7 Å². The zero-order chi connectivity index (χ0) is 15.3. The van der Waals surface area contributed by atoms with Gasteiger partial charge in [0.2, 0.25) is 0 Å². The first kappa shape index (κ1) is 17.0. The molecule has 1 unspecified atom stereocenters. The molecule has 1 aromatic rings. The van der Waals surface area contributed by atoms with Gasteiger partial charge in [0, 0.05) is 11.6 Å². The summed E-state index contributed by atoms with van der Waals surface area (Å²) in [6, 6.07) is 3.13. The van der Waals surface area contributed by atoms with Crippen molar-refractivity contribution in [1.29, 1.82) is 0 Å². The van der Waals surface area contributed by atoms with Crippen LogP contribution in [0.15, 0.2) is 22.7 Å². The second kappa shape index (κ2) is 7.08. The Morgan fingerprint density at radius 1 is 1.45 bits per heavy atom. The predicted molar refractivity (Wildman–Crippen MR) is 72.6 cm³/mol. The van der Waals surface area contributed by atoms with Crippen molar-refractivity contribution in [3.05, 3.63) is 33.8 Å². The Hall–Kier alpha value is -1.08. The van der Waals surface area contributed by atoms with Gasteiger partial charge in [0.05, 0.1) is 23.8 Å². The zero-order valence-electron chi connectivity index (χ0n) is 11.1. The largest absolute Gasteiger partial charge is 0.417 e. The van der Waals surface area contributed by atoms with E-state index in [0.29, 0.717) is 6.42 Å². The van der Waals surface area contributed by atoms with Crippen LogP contribution < -0.4 is 5.32 Å². The number of halogens is 4. The van der Waals surface area contributed by atoms with Crippen molar-refractivity contribution in [2.24, 2.45) is 0 Å². The fourth-order valence-corrected chi connectivity index (χ4v) is 2.04. The molecule has 0 heterocycles. The van der Waals surface area contributed by atoms with Gasteiger partial charge < -0.3 is 10.1 Å². The number of rotatable bonds is 5. The number of carbonyl (C=O) groups is 1. The van der Waals surface area contributed by atoms with E-state index in [2.05, 4.69) is 21.2 Å². The third-order valence-electron chi connectivity index (χ3n) is 2.73. The third kappa shape index (κ3) is 4.49. The highest BCUT2D eigenvalue weighted by atomic mass is 79.9. The lowest BCUT2D eigenvalue weighted by Gasteiger charge is -2.18. The van der Waals surface area contributed by atoms with E-state index in [1.807, 2.05) is 6.92 Å². The molecule has 1 atom stereocenters. The van der Waals surface area contributed by atoms with Crippen molar-refractivity contribution in [1.82, 2.24) is 5.32 Å². The van der Waals surface area contributed by atoms with E-state index in [9.17, 15) is 18.0 Å². The van der Waals surface area contributed by atoms with Crippen LogP contribution in [0.2, 0.25) is 0 Å². The molecule has 1 N–H and O–H groups in total. The van der Waals surface area contributed by atoms with Crippen molar-refractivity contribution in [2.45, 2.75) is 25.6 Å². The summed E-state index contributed by atoms with van der Waals surface area (Å²) in [6.45, 7) is 2.07. The summed E-state index contributed by atoms with van der Waals surface area (Å²) in [5, 5.41) is 2.54. The monoisotopic (exact) mass is 353 g/mol. The van der Waals surface area contributed by atoms with E-state index in [1.54, 1.807) is 0 Å². The maximum absolute atomic E-state index is 12.9. The summed E-state index contributed by atoms with van der Waals surface area (Å²) in [4.78, 5) is 12.0. The number of amides is 1. The lowest BCUT2D eigenvalue weighted by Crippen LogP contribution is -2.38. The van der Waals surface area contributed by atoms with Gasteiger partial charge in [-0.3, -0.25) is 4.79 Å². The minimum atomic E-state index is -4.58. The Morgan fingerprint density at radius 3 is 2.60 bits per heavy atom. The van der Waals surface area contributed by atoms with Gasteiger partial charge in [-0.2, -0.15) is 13.2 Å². The van der Waals surface area contributed by atoms with Crippen molar-refractivity contribution in [3.8, 4) is 0 Å². The second-order valence-electron chi connectivity index (χ2n) is 4.22. The smallest absolute Gasteiger partial charge is 0.383 e. The van der Waals surface area contributed by atoms with E-state index in [4.69, 9.17) is 4.74 Å². The number of hydrogen-bond acceptors (Lipinski definition) is 2. The molecule has 7 heteroatoms. The molecule has 0 aliphatic heterocycles. The van der Waals surface area contributed by atoms with E-state index in [-0.39, 0.29) is 17.1 Å². The zero-order valence-corrected chi connectivity index (χ0v) is 12.6. The minimum Gasteiger partial charge on any atom is -0.383 e. The molecule has 3 nitrogen and oxygen atoms in total. The van der Waals surface area contributed by atoms with Gasteiger partial charge in [0.15, 0.2) is 0 Å². The van der Waals surface area contributed by atoms with Crippen LogP contribution in [0.1, 0.15) is 29.3 Å². The number of carbonyl (C=O) groups excluding carboxylic acids is 1. The lowest BCUT2D eigenvalue weighted by molar-refractivity contribution is -0.138. The summed E-state index contributed by atoms with van der Waals surface area (Å²) >= 11 is 2.98. The quantitative estimate of drug-likeness (QED) is 0.877. The Morgan fingerprint density at radius 2 is 2.10 bits per heavy atom. The van der Waals surface area contributed by atoms with E-state index < -0.39 is 23.2 Å². The maximum Gasteiger partial charge on any atom is 0.417 e. The second-order valence-corrected chi connectivity index (χ2v) is 5.14. The van der Waals surface area contributed by atoms with Crippen LogP contribution in [0.3, 0.4) is 0 Å². The molecule has 0 saturated carbocycles. The van der Waals surface area contributed by atoms with E-state index in [0.717, 1.165) is 12.1 Å². The van der Waals surface area contributed by atoms with Crippen LogP contribution in [-0.2, 0) is 10.9 Å². The molecule has 1 rings (SSSR count). The van der Waals surface area contributed by atoms with Gasteiger partial charge in [-0.15, -0.1) is 0 Å². The first-order chi connectivity index (χ1) is 9.29. The molecule has 20 heavy (non-hydrogen) atoms. The third-order valence-corrected chi connectivity index (χ3v) is 3.22. The highest BCUT2D eigenvalue weighted by molar-refractivity contribution is 9.10. The number of ether oxygens (including phenoxy) is 1.